The second-order valence-electron chi connectivity index (χ2n) is 7.70. The van der Waals surface area contributed by atoms with Gasteiger partial charge in [0.1, 0.15) is 5.82 Å². The lowest BCUT2D eigenvalue weighted by atomic mass is 10.0. The van der Waals surface area contributed by atoms with Gasteiger partial charge in [-0.3, -0.25) is 4.84 Å². The molecule has 2 atom stereocenters. The lowest BCUT2D eigenvalue weighted by molar-refractivity contribution is -0.195. The van der Waals surface area contributed by atoms with Crippen LogP contribution in [0.1, 0.15) is 19.4 Å². The van der Waals surface area contributed by atoms with Gasteiger partial charge in [0.05, 0.1) is 33.0 Å². The van der Waals surface area contributed by atoms with Crippen LogP contribution in [-0.2, 0) is 25.7 Å². The molecule has 1 heterocycles. The van der Waals surface area contributed by atoms with Crippen LogP contribution in [0.5, 0.6) is 0 Å². The molecule has 166 valence electrons. The summed E-state index contributed by atoms with van der Waals surface area (Å²) in [6, 6.07) is 12.5. The quantitative estimate of drug-likeness (QED) is 0.649. The zero-order chi connectivity index (χ0) is 22.4. The number of hydroxylamine groups is 2. The van der Waals surface area contributed by atoms with E-state index >= 15 is 0 Å². The molecule has 1 N–H and O–H groups in total. The summed E-state index contributed by atoms with van der Waals surface area (Å²) < 4.78 is 23.9. The molecular formula is C23H27FN2O5. The third-order valence-corrected chi connectivity index (χ3v) is 4.97. The van der Waals surface area contributed by atoms with Crippen LogP contribution in [0.25, 0.3) is 11.1 Å². The summed E-state index contributed by atoms with van der Waals surface area (Å²) in [5.41, 5.74) is 2.68. The van der Waals surface area contributed by atoms with Crippen molar-refractivity contribution >= 4 is 12.0 Å². The number of nitrogens with zero attached hydrogens (tertiary/aromatic N) is 1. The van der Waals surface area contributed by atoms with E-state index in [9.17, 15) is 14.0 Å². The Hall–Kier alpha value is -2.97. The van der Waals surface area contributed by atoms with Crippen LogP contribution in [0.2, 0.25) is 0 Å². The molecule has 2 aromatic carbocycles. The van der Waals surface area contributed by atoms with Crippen molar-refractivity contribution in [2.24, 2.45) is 5.92 Å². The molecule has 2 amide bonds. The minimum absolute atomic E-state index is 0.165. The summed E-state index contributed by atoms with van der Waals surface area (Å²) in [6.07, 6.45) is 0. The highest BCUT2D eigenvalue weighted by molar-refractivity contribution is 5.83. The minimum Gasteiger partial charge on any atom is -0.467 e. The van der Waals surface area contributed by atoms with Gasteiger partial charge in [0.2, 0.25) is 0 Å². The Morgan fingerprint density at radius 1 is 1.23 bits per heavy atom. The Bertz CT molecular complexity index is 903. The van der Waals surface area contributed by atoms with Crippen molar-refractivity contribution < 1.29 is 28.3 Å². The topological polar surface area (TPSA) is 77.1 Å². The number of amides is 2. The number of urea groups is 1. The first-order valence-electron chi connectivity index (χ1n) is 10.1. The Balaban J connectivity index is 1.48. The summed E-state index contributed by atoms with van der Waals surface area (Å²) in [4.78, 5) is 29.9. The minimum atomic E-state index is -0.816. The number of carbonyl (C=O) groups excluding carboxylic acids is 2. The largest absolute Gasteiger partial charge is 0.467 e. The smallest absolute Gasteiger partial charge is 0.342 e. The van der Waals surface area contributed by atoms with Gasteiger partial charge in [0.15, 0.2) is 6.04 Å². The number of halogens is 1. The molecule has 8 heteroatoms. The van der Waals surface area contributed by atoms with Crippen LogP contribution >= 0.6 is 0 Å². The average molecular weight is 430 g/mol. The fourth-order valence-electron chi connectivity index (χ4n) is 3.35. The molecule has 1 fully saturated rings. The number of hydrogen-bond donors (Lipinski definition) is 1. The maximum Gasteiger partial charge on any atom is 0.342 e. The van der Waals surface area contributed by atoms with Crippen molar-refractivity contribution in [3.8, 4) is 11.1 Å². The normalized spacial score (nSPS) is 17.4. The van der Waals surface area contributed by atoms with E-state index in [0.717, 1.165) is 21.8 Å². The molecule has 1 aliphatic heterocycles. The number of methoxy groups -OCH3 is 1. The Morgan fingerprint density at radius 2 is 1.97 bits per heavy atom. The first kappa shape index (κ1) is 22.7. The number of nitrogens with one attached hydrogen (secondary N) is 1. The average Bonchev–Trinajstić information content (AvgIpc) is 2.75. The van der Waals surface area contributed by atoms with Gasteiger partial charge in [0, 0.05) is 0 Å². The number of esters is 1. The summed E-state index contributed by atoms with van der Waals surface area (Å²) in [7, 11) is 1.28. The van der Waals surface area contributed by atoms with Crippen LogP contribution < -0.4 is 5.32 Å². The van der Waals surface area contributed by atoms with Gasteiger partial charge in [-0.15, -0.1) is 0 Å². The second-order valence-corrected chi connectivity index (χ2v) is 7.70. The highest BCUT2D eigenvalue weighted by atomic mass is 19.1. The SMILES string of the molecule is COC(=O)[C@@H](C(C)C)N1OC[C@H](COCc2ccc(-c3cccc(F)c3)cc2)NC1=O. The molecule has 2 aromatic rings. The summed E-state index contributed by atoms with van der Waals surface area (Å²) in [5.74, 6) is -0.964. The van der Waals surface area contributed by atoms with E-state index in [-0.39, 0.29) is 31.0 Å². The number of carbonyl (C=O) groups is 2. The predicted molar refractivity (Wildman–Crippen MR) is 112 cm³/mol. The number of benzene rings is 2. The van der Waals surface area contributed by atoms with Gasteiger partial charge in [0.25, 0.3) is 0 Å². The summed E-state index contributed by atoms with van der Waals surface area (Å²) in [6.45, 7) is 4.43. The Kier molecular flexibility index (Phi) is 7.59. The number of hydrogen-bond acceptors (Lipinski definition) is 5. The number of rotatable bonds is 8. The third-order valence-electron chi connectivity index (χ3n) is 4.97. The Morgan fingerprint density at radius 3 is 2.58 bits per heavy atom. The molecule has 3 rings (SSSR count). The zero-order valence-electron chi connectivity index (χ0n) is 17.8. The Labute approximate surface area is 181 Å². The maximum absolute atomic E-state index is 13.4. The molecule has 0 aliphatic carbocycles. The monoisotopic (exact) mass is 430 g/mol. The van der Waals surface area contributed by atoms with Crippen molar-refractivity contribution in [2.75, 3.05) is 20.3 Å². The van der Waals surface area contributed by atoms with Crippen molar-refractivity contribution in [3.63, 3.8) is 0 Å². The number of ether oxygens (including phenoxy) is 2. The van der Waals surface area contributed by atoms with E-state index in [2.05, 4.69) is 5.32 Å². The van der Waals surface area contributed by atoms with Gasteiger partial charge in [-0.05, 0) is 34.7 Å². The van der Waals surface area contributed by atoms with Crippen molar-refractivity contribution in [2.45, 2.75) is 32.5 Å². The lowest BCUT2D eigenvalue weighted by Gasteiger charge is -2.37. The molecule has 0 saturated carbocycles. The summed E-state index contributed by atoms with van der Waals surface area (Å²) in [5, 5.41) is 3.84. The van der Waals surface area contributed by atoms with E-state index < -0.39 is 18.0 Å². The molecule has 1 aliphatic rings. The second kappa shape index (κ2) is 10.4. The highest BCUT2D eigenvalue weighted by Crippen LogP contribution is 2.21. The molecule has 1 saturated heterocycles. The van der Waals surface area contributed by atoms with Gasteiger partial charge in [-0.2, -0.15) is 5.06 Å². The van der Waals surface area contributed by atoms with Crippen LogP contribution in [0.4, 0.5) is 9.18 Å². The van der Waals surface area contributed by atoms with Gasteiger partial charge < -0.3 is 14.8 Å². The standard InChI is InChI=1S/C23H27FN2O5/c1-15(2)21(22(27)29-3)26-23(28)25-20(14-31-26)13-30-12-16-7-9-17(10-8-16)18-5-4-6-19(24)11-18/h4-11,15,20-21H,12-14H2,1-3H3,(H,25,28)/t20-,21+/m0/s1. The molecule has 0 bridgehead atoms. The molecule has 7 nitrogen and oxygen atoms in total. The van der Waals surface area contributed by atoms with E-state index in [1.807, 2.05) is 44.2 Å². The third kappa shape index (κ3) is 5.80. The molecule has 31 heavy (non-hydrogen) atoms. The van der Waals surface area contributed by atoms with Gasteiger partial charge >= 0.3 is 12.0 Å². The van der Waals surface area contributed by atoms with Crippen LogP contribution in [-0.4, -0.2) is 49.5 Å². The molecule has 0 unspecified atom stereocenters. The van der Waals surface area contributed by atoms with Crippen molar-refractivity contribution in [3.05, 3.63) is 59.9 Å². The fraction of sp³-hybridized carbons (Fsp3) is 0.391. The summed E-state index contributed by atoms with van der Waals surface area (Å²) >= 11 is 0. The first-order valence-corrected chi connectivity index (χ1v) is 10.1. The molecular weight excluding hydrogens is 403 g/mol. The van der Waals surface area contributed by atoms with E-state index in [4.69, 9.17) is 14.3 Å². The zero-order valence-corrected chi connectivity index (χ0v) is 17.8. The molecule has 0 radical (unpaired) electrons. The van der Waals surface area contributed by atoms with E-state index in [0.29, 0.717) is 6.61 Å². The first-order chi connectivity index (χ1) is 14.9. The van der Waals surface area contributed by atoms with E-state index in [1.54, 1.807) is 6.07 Å². The van der Waals surface area contributed by atoms with Crippen molar-refractivity contribution in [1.82, 2.24) is 10.4 Å². The predicted octanol–water partition coefficient (Wildman–Crippen LogP) is 3.53. The van der Waals surface area contributed by atoms with Gasteiger partial charge in [-0.25, -0.2) is 14.0 Å². The fourth-order valence-corrected chi connectivity index (χ4v) is 3.35. The molecule has 0 aromatic heterocycles. The van der Waals surface area contributed by atoms with Gasteiger partial charge in [-0.1, -0.05) is 50.2 Å². The molecule has 0 spiro atoms. The van der Waals surface area contributed by atoms with Crippen LogP contribution in [0, 0.1) is 11.7 Å². The van der Waals surface area contributed by atoms with Crippen LogP contribution in [0.3, 0.4) is 0 Å². The van der Waals surface area contributed by atoms with E-state index in [1.165, 1.54) is 19.2 Å². The van der Waals surface area contributed by atoms with Crippen molar-refractivity contribution in [1.29, 1.82) is 0 Å². The van der Waals surface area contributed by atoms with Crippen LogP contribution in [0.15, 0.2) is 48.5 Å². The lowest BCUT2D eigenvalue weighted by Crippen LogP contribution is -2.60. The highest BCUT2D eigenvalue weighted by Gasteiger charge is 2.38. The maximum atomic E-state index is 13.4.